The Hall–Kier alpha value is -1.59. The van der Waals surface area contributed by atoms with Crippen LogP contribution in [-0.4, -0.2) is 54.7 Å². The highest BCUT2D eigenvalue weighted by molar-refractivity contribution is 5.83. The fraction of sp³-hybridized carbons (Fsp3) is 0.650. The van der Waals surface area contributed by atoms with Gasteiger partial charge in [0.1, 0.15) is 5.78 Å². The normalized spacial score (nSPS) is 34.2. The number of likely N-dealkylation sites (N-methyl/N-ethyl adjacent to an activating group) is 1. The van der Waals surface area contributed by atoms with Crippen LogP contribution in [0.25, 0.3) is 0 Å². The minimum Gasteiger partial charge on any atom is -0.493 e. The number of fused-ring (bicyclic) bond motifs is 1. The third-order valence-corrected chi connectivity index (χ3v) is 6.69. The lowest BCUT2D eigenvalue weighted by Crippen LogP contribution is -2.72. The summed E-state index contributed by atoms with van der Waals surface area (Å²) in [5.41, 5.74) is 0.738. The molecule has 1 saturated carbocycles. The number of hydrogen-bond donors (Lipinski definition) is 1. The molecule has 3 aliphatic rings. The molecule has 4 rings (SSSR count). The van der Waals surface area contributed by atoms with Crippen molar-refractivity contribution < 1.29 is 19.4 Å². The van der Waals surface area contributed by atoms with Crippen molar-refractivity contribution in [3.63, 3.8) is 0 Å². The first-order valence-electron chi connectivity index (χ1n) is 9.24. The number of Topliss-reactive ketones (excluding diaryl/α,β-unsaturated/α-hetero) is 1. The first-order valence-corrected chi connectivity index (χ1v) is 9.24. The van der Waals surface area contributed by atoms with Gasteiger partial charge < -0.3 is 19.5 Å². The molecular formula is C20H27NO4. The second-order valence-electron chi connectivity index (χ2n) is 7.74. The second kappa shape index (κ2) is 5.71. The van der Waals surface area contributed by atoms with Crippen LogP contribution < -0.4 is 9.47 Å². The number of methoxy groups -OCH3 is 1. The predicted octanol–water partition coefficient (Wildman–Crippen LogP) is 2.08. The van der Waals surface area contributed by atoms with E-state index in [1.807, 2.05) is 13.0 Å². The molecule has 136 valence electrons. The van der Waals surface area contributed by atoms with Crippen molar-refractivity contribution >= 4 is 5.78 Å². The Bertz CT molecular complexity index is 718. The van der Waals surface area contributed by atoms with E-state index < -0.39 is 11.0 Å². The van der Waals surface area contributed by atoms with Crippen LogP contribution in [0.15, 0.2) is 12.1 Å². The molecule has 1 aromatic rings. The highest BCUT2D eigenvalue weighted by Crippen LogP contribution is 2.60. The molecule has 0 radical (unpaired) electrons. The maximum Gasteiger partial charge on any atom is 0.164 e. The van der Waals surface area contributed by atoms with Gasteiger partial charge in [-0.25, -0.2) is 0 Å². The Morgan fingerprint density at radius 3 is 2.88 bits per heavy atom. The summed E-state index contributed by atoms with van der Waals surface area (Å²) in [5, 5.41) is 11.8. The van der Waals surface area contributed by atoms with Gasteiger partial charge in [-0.05, 0) is 51.4 Å². The number of hydrogen-bond acceptors (Lipinski definition) is 5. The first kappa shape index (κ1) is 16.9. The quantitative estimate of drug-likeness (QED) is 0.909. The van der Waals surface area contributed by atoms with Crippen LogP contribution in [0.4, 0.5) is 0 Å². The SMILES string of the molecule is CCOc1ccc2c(c1OC)[C@]13CCN(C)[C@H](C2)[C@]1(O)CCC(=O)C3. The molecule has 1 aliphatic heterocycles. The molecule has 2 bridgehead atoms. The molecule has 1 saturated heterocycles. The molecular weight excluding hydrogens is 318 g/mol. The number of rotatable bonds is 3. The molecule has 0 spiro atoms. The van der Waals surface area contributed by atoms with E-state index in [1.165, 1.54) is 5.56 Å². The predicted molar refractivity (Wildman–Crippen MR) is 94.4 cm³/mol. The number of piperidine rings is 1. The van der Waals surface area contributed by atoms with Gasteiger partial charge in [0, 0.05) is 29.9 Å². The lowest BCUT2D eigenvalue weighted by molar-refractivity contribution is -0.169. The van der Waals surface area contributed by atoms with E-state index in [1.54, 1.807) is 7.11 Å². The summed E-state index contributed by atoms with van der Waals surface area (Å²) in [4.78, 5) is 14.7. The zero-order valence-corrected chi connectivity index (χ0v) is 15.3. The second-order valence-corrected chi connectivity index (χ2v) is 7.74. The standard InChI is InChI=1S/C20H27NO4/c1-4-25-15-6-5-13-11-16-20(23)8-7-14(22)12-19(20,9-10-21(16)2)17(13)18(15)24-3/h5-6,16,23H,4,7-12H2,1-3H3/t16-,19-,20-/m1/s1. The van der Waals surface area contributed by atoms with E-state index in [0.29, 0.717) is 37.4 Å². The Morgan fingerprint density at radius 2 is 2.16 bits per heavy atom. The highest BCUT2D eigenvalue weighted by Gasteiger charge is 2.65. The summed E-state index contributed by atoms with van der Waals surface area (Å²) in [6.45, 7) is 3.38. The highest BCUT2D eigenvalue weighted by atomic mass is 16.5. The van der Waals surface area contributed by atoms with E-state index in [9.17, 15) is 9.90 Å². The summed E-state index contributed by atoms with van der Waals surface area (Å²) in [7, 11) is 3.74. The molecule has 2 aliphatic carbocycles. The number of nitrogens with zero attached hydrogens (tertiary/aromatic N) is 1. The summed E-state index contributed by atoms with van der Waals surface area (Å²) in [6.07, 6.45) is 2.93. The Kier molecular flexibility index (Phi) is 3.85. The van der Waals surface area contributed by atoms with Crippen LogP contribution in [-0.2, 0) is 16.6 Å². The Balaban J connectivity index is 1.99. The zero-order chi connectivity index (χ0) is 17.8. The number of aliphatic hydroxyl groups is 1. The Morgan fingerprint density at radius 1 is 1.36 bits per heavy atom. The third-order valence-electron chi connectivity index (χ3n) is 6.69. The van der Waals surface area contributed by atoms with Gasteiger partial charge in [-0.15, -0.1) is 0 Å². The van der Waals surface area contributed by atoms with Crippen molar-refractivity contribution in [3.05, 3.63) is 23.3 Å². The van der Waals surface area contributed by atoms with Gasteiger partial charge in [0.05, 0.1) is 19.3 Å². The summed E-state index contributed by atoms with van der Waals surface area (Å²) in [6, 6.07) is 4.10. The van der Waals surface area contributed by atoms with Gasteiger partial charge in [-0.3, -0.25) is 4.79 Å². The van der Waals surface area contributed by atoms with Gasteiger partial charge >= 0.3 is 0 Å². The van der Waals surface area contributed by atoms with E-state index >= 15 is 0 Å². The number of likely N-dealkylation sites (tertiary alicyclic amines) is 1. The van der Waals surface area contributed by atoms with Crippen LogP contribution in [0.5, 0.6) is 11.5 Å². The third kappa shape index (κ3) is 2.12. The number of ether oxygens (including phenoxy) is 2. The van der Waals surface area contributed by atoms with Gasteiger partial charge in [-0.2, -0.15) is 0 Å². The number of benzene rings is 1. The fourth-order valence-corrected chi connectivity index (χ4v) is 5.56. The number of carbonyl (C=O) groups excluding carboxylic acids is 1. The van der Waals surface area contributed by atoms with Crippen LogP contribution in [0.2, 0.25) is 0 Å². The van der Waals surface area contributed by atoms with E-state index in [2.05, 4.69) is 18.0 Å². The summed E-state index contributed by atoms with van der Waals surface area (Å²) in [5.74, 6) is 1.65. The minimum atomic E-state index is -0.890. The maximum absolute atomic E-state index is 12.5. The van der Waals surface area contributed by atoms with Crippen LogP contribution in [0.1, 0.15) is 43.7 Å². The van der Waals surface area contributed by atoms with Crippen molar-refractivity contribution in [1.29, 1.82) is 0 Å². The molecule has 2 fully saturated rings. The molecule has 0 unspecified atom stereocenters. The minimum absolute atomic E-state index is 0.0458. The average molecular weight is 345 g/mol. The molecule has 0 amide bonds. The van der Waals surface area contributed by atoms with Crippen LogP contribution in [0, 0.1) is 0 Å². The summed E-state index contributed by atoms with van der Waals surface area (Å²) >= 11 is 0. The van der Waals surface area contributed by atoms with Crippen LogP contribution >= 0.6 is 0 Å². The topological polar surface area (TPSA) is 59.0 Å². The molecule has 1 aromatic carbocycles. The van der Waals surface area contributed by atoms with E-state index in [-0.39, 0.29) is 11.8 Å². The molecule has 5 nitrogen and oxygen atoms in total. The lowest BCUT2D eigenvalue weighted by atomic mass is 9.49. The van der Waals surface area contributed by atoms with Gasteiger partial charge in [-0.1, -0.05) is 6.07 Å². The first-order chi connectivity index (χ1) is 12.0. The van der Waals surface area contributed by atoms with E-state index in [4.69, 9.17) is 9.47 Å². The van der Waals surface area contributed by atoms with Crippen molar-refractivity contribution in [2.45, 2.75) is 56.1 Å². The smallest absolute Gasteiger partial charge is 0.164 e. The van der Waals surface area contributed by atoms with Crippen molar-refractivity contribution in [1.82, 2.24) is 4.90 Å². The van der Waals surface area contributed by atoms with E-state index in [0.717, 1.165) is 24.9 Å². The van der Waals surface area contributed by atoms with Gasteiger partial charge in [0.25, 0.3) is 0 Å². The van der Waals surface area contributed by atoms with Gasteiger partial charge in [0.2, 0.25) is 0 Å². The lowest BCUT2D eigenvalue weighted by Gasteiger charge is -2.62. The van der Waals surface area contributed by atoms with Crippen molar-refractivity contribution in [3.8, 4) is 11.5 Å². The maximum atomic E-state index is 12.5. The molecule has 0 aromatic heterocycles. The monoisotopic (exact) mass is 345 g/mol. The number of carbonyl (C=O) groups is 1. The average Bonchev–Trinajstić information content (AvgIpc) is 2.59. The molecule has 1 N–H and O–H groups in total. The molecule has 3 atom stereocenters. The van der Waals surface area contributed by atoms with Crippen molar-refractivity contribution in [2.75, 3.05) is 27.3 Å². The van der Waals surface area contributed by atoms with Gasteiger partial charge in [0.15, 0.2) is 11.5 Å². The largest absolute Gasteiger partial charge is 0.493 e. The Labute approximate surface area is 148 Å². The zero-order valence-electron chi connectivity index (χ0n) is 15.3. The molecule has 25 heavy (non-hydrogen) atoms. The van der Waals surface area contributed by atoms with Crippen LogP contribution in [0.3, 0.4) is 0 Å². The summed E-state index contributed by atoms with van der Waals surface area (Å²) < 4.78 is 11.6. The fourth-order valence-electron chi connectivity index (χ4n) is 5.56. The molecule has 5 heteroatoms. The van der Waals surface area contributed by atoms with Crippen molar-refractivity contribution in [2.24, 2.45) is 0 Å². The number of ketones is 1. The molecule has 1 heterocycles.